The maximum atomic E-state index is 6.14. The number of anilines is 1. The van der Waals surface area contributed by atoms with E-state index in [1.165, 1.54) is 5.69 Å². The molecule has 6 heteroatoms. The molecule has 0 amide bonds. The summed E-state index contributed by atoms with van der Waals surface area (Å²) in [5.41, 5.74) is 3.41. The number of rotatable bonds is 4. The molecule has 0 radical (unpaired) electrons. The van der Waals surface area contributed by atoms with Crippen molar-refractivity contribution in [1.82, 2.24) is 14.3 Å². The van der Waals surface area contributed by atoms with E-state index in [-0.39, 0.29) is 0 Å². The van der Waals surface area contributed by atoms with Crippen LogP contribution in [0.1, 0.15) is 13.3 Å². The summed E-state index contributed by atoms with van der Waals surface area (Å²) in [6, 6.07) is 12.6. The van der Waals surface area contributed by atoms with Crippen LogP contribution in [0.4, 0.5) is 5.69 Å². The minimum atomic E-state index is 0.538. The molecule has 0 unspecified atom stereocenters. The predicted octanol–water partition coefficient (Wildman–Crippen LogP) is 4.43. The number of piperazine rings is 1. The fraction of sp³-hybridized carbons (Fsp3) is 0.316. The average Bonchev–Trinajstić information content (AvgIpc) is 3.01. The fourth-order valence-electron chi connectivity index (χ4n) is 3.28. The minimum absolute atomic E-state index is 0.538. The zero-order chi connectivity index (χ0) is 17.2. The van der Waals surface area contributed by atoms with E-state index in [4.69, 9.17) is 11.6 Å². The molecule has 1 atom stereocenters. The lowest BCUT2D eigenvalue weighted by molar-refractivity contribution is 0.447. The normalized spacial score (nSPS) is 18.0. The second-order valence-electron chi connectivity index (χ2n) is 6.27. The molecule has 1 aliphatic rings. The van der Waals surface area contributed by atoms with E-state index < -0.39 is 0 Å². The van der Waals surface area contributed by atoms with Gasteiger partial charge in [0.1, 0.15) is 5.52 Å². The van der Waals surface area contributed by atoms with E-state index in [9.17, 15) is 0 Å². The van der Waals surface area contributed by atoms with Crippen LogP contribution in [0, 0.1) is 0 Å². The maximum Gasteiger partial charge on any atom is 0.112 e. The van der Waals surface area contributed by atoms with Crippen molar-refractivity contribution in [1.29, 1.82) is 0 Å². The lowest BCUT2D eigenvalue weighted by atomic mass is 10.1. The zero-order valence-corrected chi connectivity index (χ0v) is 15.7. The Morgan fingerprint density at radius 2 is 2.24 bits per heavy atom. The van der Waals surface area contributed by atoms with Gasteiger partial charge in [-0.3, -0.25) is 8.96 Å². The molecule has 130 valence electrons. The standard InChI is InChI=1S/C19H21ClN4S/c1-2-15-12-23(10-9-21-15)18-13-24(17-7-4-8-22-19(17)18)25-16-6-3-5-14(20)11-16/h3-8,11,13,15,21H,2,9-10,12H2,1H3/t15-/m0/s1. The molecule has 2 aromatic heterocycles. The third-order valence-corrected chi connectivity index (χ3v) is 5.79. The van der Waals surface area contributed by atoms with Crippen molar-refractivity contribution in [3.05, 3.63) is 53.8 Å². The molecular formula is C19H21ClN4S. The highest BCUT2D eigenvalue weighted by Gasteiger charge is 2.22. The summed E-state index contributed by atoms with van der Waals surface area (Å²) in [6.07, 6.45) is 5.22. The Labute approximate surface area is 157 Å². The van der Waals surface area contributed by atoms with Crippen LogP contribution in [0.2, 0.25) is 5.02 Å². The van der Waals surface area contributed by atoms with Crippen molar-refractivity contribution in [2.24, 2.45) is 0 Å². The van der Waals surface area contributed by atoms with E-state index in [1.807, 2.05) is 30.5 Å². The van der Waals surface area contributed by atoms with Gasteiger partial charge in [-0.05, 0) is 48.7 Å². The monoisotopic (exact) mass is 372 g/mol. The van der Waals surface area contributed by atoms with E-state index in [0.29, 0.717) is 6.04 Å². The fourth-order valence-corrected chi connectivity index (χ4v) is 4.48. The Morgan fingerprint density at radius 3 is 3.08 bits per heavy atom. The summed E-state index contributed by atoms with van der Waals surface area (Å²) >= 11 is 7.81. The van der Waals surface area contributed by atoms with Gasteiger partial charge in [-0.25, -0.2) is 0 Å². The summed E-state index contributed by atoms with van der Waals surface area (Å²) in [6.45, 7) is 5.28. The van der Waals surface area contributed by atoms with Crippen LogP contribution in [0.25, 0.3) is 11.0 Å². The van der Waals surface area contributed by atoms with Gasteiger partial charge in [0.15, 0.2) is 0 Å². The smallest absolute Gasteiger partial charge is 0.112 e. The molecule has 0 bridgehead atoms. The molecular weight excluding hydrogens is 352 g/mol. The first-order chi connectivity index (χ1) is 12.2. The van der Waals surface area contributed by atoms with E-state index in [0.717, 1.165) is 47.0 Å². The molecule has 25 heavy (non-hydrogen) atoms. The summed E-state index contributed by atoms with van der Waals surface area (Å²) in [7, 11) is 0. The molecule has 1 fully saturated rings. The molecule has 4 nitrogen and oxygen atoms in total. The zero-order valence-electron chi connectivity index (χ0n) is 14.2. The Bertz CT molecular complexity index is 879. The van der Waals surface area contributed by atoms with Gasteiger partial charge in [0.25, 0.3) is 0 Å². The first-order valence-electron chi connectivity index (χ1n) is 8.63. The van der Waals surface area contributed by atoms with Gasteiger partial charge in [0.05, 0.1) is 11.2 Å². The molecule has 1 aliphatic heterocycles. The van der Waals surface area contributed by atoms with Crippen LogP contribution < -0.4 is 10.2 Å². The highest BCUT2D eigenvalue weighted by Crippen LogP contribution is 2.34. The molecule has 3 aromatic rings. The van der Waals surface area contributed by atoms with Crippen molar-refractivity contribution >= 4 is 40.3 Å². The second kappa shape index (κ2) is 7.28. The van der Waals surface area contributed by atoms with Crippen LogP contribution in [0.15, 0.2) is 53.7 Å². The number of nitrogens with zero attached hydrogens (tertiary/aromatic N) is 3. The van der Waals surface area contributed by atoms with Crippen molar-refractivity contribution in [2.75, 3.05) is 24.5 Å². The number of nitrogens with one attached hydrogen (secondary N) is 1. The number of fused-ring (bicyclic) bond motifs is 1. The molecule has 1 saturated heterocycles. The van der Waals surface area contributed by atoms with E-state index >= 15 is 0 Å². The van der Waals surface area contributed by atoms with Crippen LogP contribution in [0.3, 0.4) is 0 Å². The third-order valence-electron chi connectivity index (χ3n) is 4.59. The summed E-state index contributed by atoms with van der Waals surface area (Å²) in [5, 5.41) is 4.34. The third kappa shape index (κ3) is 3.50. The largest absolute Gasteiger partial charge is 0.366 e. The first-order valence-corrected chi connectivity index (χ1v) is 9.78. The molecule has 1 N–H and O–H groups in total. The van der Waals surface area contributed by atoms with Crippen LogP contribution in [-0.4, -0.2) is 34.6 Å². The highest BCUT2D eigenvalue weighted by atomic mass is 35.5. The lowest BCUT2D eigenvalue weighted by Crippen LogP contribution is -2.50. The van der Waals surface area contributed by atoms with Crippen LogP contribution in [0.5, 0.6) is 0 Å². The molecule has 0 spiro atoms. The van der Waals surface area contributed by atoms with Gasteiger partial charge >= 0.3 is 0 Å². The number of halogens is 1. The van der Waals surface area contributed by atoms with E-state index in [2.05, 4.69) is 44.4 Å². The topological polar surface area (TPSA) is 33.1 Å². The van der Waals surface area contributed by atoms with Gasteiger partial charge in [-0.2, -0.15) is 0 Å². The Hall–Kier alpha value is -1.69. The highest BCUT2D eigenvalue weighted by molar-refractivity contribution is 7.98. The van der Waals surface area contributed by atoms with Crippen LogP contribution >= 0.6 is 23.5 Å². The lowest BCUT2D eigenvalue weighted by Gasteiger charge is -2.34. The van der Waals surface area contributed by atoms with E-state index in [1.54, 1.807) is 11.9 Å². The number of pyridine rings is 1. The van der Waals surface area contributed by atoms with Gasteiger partial charge in [-0.1, -0.05) is 24.6 Å². The van der Waals surface area contributed by atoms with Gasteiger partial charge < -0.3 is 10.2 Å². The summed E-state index contributed by atoms with van der Waals surface area (Å²) in [5.74, 6) is 0. The van der Waals surface area contributed by atoms with Crippen LogP contribution in [-0.2, 0) is 0 Å². The molecule has 4 rings (SSSR count). The Balaban J connectivity index is 1.71. The Morgan fingerprint density at radius 1 is 1.32 bits per heavy atom. The van der Waals surface area contributed by atoms with Crippen molar-refractivity contribution in [2.45, 2.75) is 24.3 Å². The molecule has 1 aromatic carbocycles. The summed E-state index contributed by atoms with van der Waals surface area (Å²) in [4.78, 5) is 8.24. The minimum Gasteiger partial charge on any atom is -0.366 e. The quantitative estimate of drug-likeness (QED) is 0.734. The van der Waals surface area contributed by atoms with Crippen molar-refractivity contribution in [3.63, 3.8) is 0 Å². The molecule has 0 aliphatic carbocycles. The molecule has 3 heterocycles. The number of hydrogen-bond donors (Lipinski definition) is 1. The van der Waals surface area contributed by atoms with Crippen molar-refractivity contribution < 1.29 is 0 Å². The summed E-state index contributed by atoms with van der Waals surface area (Å²) < 4.78 is 2.20. The maximum absolute atomic E-state index is 6.14. The number of benzene rings is 1. The predicted molar refractivity (Wildman–Crippen MR) is 107 cm³/mol. The SMILES string of the molecule is CC[C@H]1CN(c2cn(Sc3cccc(Cl)c3)c3cccnc23)CCN1. The molecule has 0 saturated carbocycles. The van der Waals surface area contributed by atoms with Crippen molar-refractivity contribution in [3.8, 4) is 0 Å². The average molecular weight is 373 g/mol. The number of hydrogen-bond acceptors (Lipinski definition) is 4. The second-order valence-corrected chi connectivity index (χ2v) is 7.75. The van der Waals surface area contributed by atoms with Gasteiger partial charge in [-0.15, -0.1) is 0 Å². The van der Waals surface area contributed by atoms with Gasteiger partial charge in [0.2, 0.25) is 0 Å². The number of aromatic nitrogens is 2. The Kier molecular flexibility index (Phi) is 4.88. The first kappa shape index (κ1) is 16.8. The van der Waals surface area contributed by atoms with Gasteiger partial charge in [0, 0.05) is 48.0 Å².